The van der Waals surface area contributed by atoms with E-state index < -0.39 is 5.60 Å². The van der Waals surface area contributed by atoms with Gasteiger partial charge in [0.15, 0.2) is 6.23 Å². The molecule has 2 fully saturated rings. The van der Waals surface area contributed by atoms with Crippen molar-refractivity contribution < 1.29 is 9.84 Å². The molecule has 0 bridgehead atoms. The van der Waals surface area contributed by atoms with Gasteiger partial charge >= 0.3 is 0 Å². The number of β-amino-alcohol motifs (C(OH)–C–C–N with tert-alkyl or cyclic N) is 1. The molecular formula is C19H25N3O2. The molecule has 1 aromatic heterocycles. The van der Waals surface area contributed by atoms with Crippen LogP contribution >= 0.6 is 0 Å². The number of hydrogen-bond acceptors (Lipinski definition) is 4. The Morgan fingerprint density at radius 2 is 2.08 bits per heavy atom. The standard InChI is InChI=1S/C19H25N3O2/c23-19(16-6-2-1-3-7-16)10-12-21(15-19)14-17-9-11-20-22(17)18-8-4-5-13-24-18/h1-3,6-7,9,11,18,23H,4-5,8,10,12-15H2. The molecule has 2 atom stereocenters. The number of aromatic nitrogens is 2. The fourth-order valence-electron chi connectivity index (χ4n) is 3.86. The molecule has 0 saturated carbocycles. The maximum absolute atomic E-state index is 11.0. The average Bonchev–Trinajstić information content (AvgIpc) is 3.24. The van der Waals surface area contributed by atoms with Crippen LogP contribution < -0.4 is 0 Å². The van der Waals surface area contributed by atoms with Crippen molar-refractivity contribution in [1.82, 2.24) is 14.7 Å². The number of aliphatic hydroxyl groups is 1. The average molecular weight is 327 g/mol. The normalized spacial score (nSPS) is 28.3. The third-order valence-corrected chi connectivity index (χ3v) is 5.20. The van der Waals surface area contributed by atoms with Crippen molar-refractivity contribution in [3.05, 3.63) is 53.9 Å². The van der Waals surface area contributed by atoms with E-state index in [0.29, 0.717) is 6.54 Å². The van der Waals surface area contributed by atoms with Crippen molar-refractivity contribution in [3.63, 3.8) is 0 Å². The highest BCUT2D eigenvalue weighted by molar-refractivity contribution is 5.24. The largest absolute Gasteiger partial charge is 0.384 e. The molecule has 5 heteroatoms. The van der Waals surface area contributed by atoms with E-state index in [-0.39, 0.29) is 6.23 Å². The van der Waals surface area contributed by atoms with Crippen LogP contribution in [0.2, 0.25) is 0 Å². The second-order valence-electron chi connectivity index (χ2n) is 6.95. The fraction of sp³-hybridized carbons (Fsp3) is 0.526. The maximum Gasteiger partial charge on any atom is 0.150 e. The Morgan fingerprint density at radius 1 is 1.21 bits per heavy atom. The van der Waals surface area contributed by atoms with E-state index in [0.717, 1.165) is 44.5 Å². The van der Waals surface area contributed by atoms with E-state index in [1.807, 2.05) is 41.2 Å². The number of rotatable bonds is 4. The molecule has 2 aromatic rings. The third kappa shape index (κ3) is 3.11. The minimum Gasteiger partial charge on any atom is -0.384 e. The van der Waals surface area contributed by atoms with Gasteiger partial charge in [-0.2, -0.15) is 5.10 Å². The first-order chi connectivity index (χ1) is 11.7. The minimum absolute atomic E-state index is 0.0689. The van der Waals surface area contributed by atoms with Gasteiger partial charge < -0.3 is 9.84 Å². The molecule has 5 nitrogen and oxygen atoms in total. The van der Waals surface area contributed by atoms with Gasteiger partial charge in [0.2, 0.25) is 0 Å². The lowest BCUT2D eigenvalue weighted by Crippen LogP contribution is -2.31. The van der Waals surface area contributed by atoms with Gasteiger partial charge in [-0.05, 0) is 37.3 Å². The van der Waals surface area contributed by atoms with Crippen molar-refractivity contribution in [2.75, 3.05) is 19.7 Å². The number of ether oxygens (including phenoxy) is 1. The Bertz CT molecular complexity index is 666. The SMILES string of the molecule is OC1(c2ccccc2)CCN(Cc2ccnn2C2CCCCO2)C1. The lowest BCUT2D eigenvalue weighted by molar-refractivity contribution is -0.0421. The number of benzene rings is 1. The molecule has 24 heavy (non-hydrogen) atoms. The first-order valence-corrected chi connectivity index (χ1v) is 8.89. The zero-order valence-corrected chi connectivity index (χ0v) is 14.0. The van der Waals surface area contributed by atoms with Gasteiger partial charge in [-0.25, -0.2) is 4.68 Å². The number of hydrogen-bond donors (Lipinski definition) is 1. The van der Waals surface area contributed by atoms with E-state index >= 15 is 0 Å². The molecule has 0 radical (unpaired) electrons. The van der Waals surface area contributed by atoms with Gasteiger partial charge in [0.05, 0.1) is 5.69 Å². The van der Waals surface area contributed by atoms with E-state index in [9.17, 15) is 5.11 Å². The highest BCUT2D eigenvalue weighted by Crippen LogP contribution is 2.33. The zero-order valence-electron chi connectivity index (χ0n) is 14.0. The van der Waals surface area contributed by atoms with Crippen LogP contribution in [0.1, 0.15) is 43.2 Å². The quantitative estimate of drug-likeness (QED) is 0.938. The van der Waals surface area contributed by atoms with Crippen LogP contribution in [0, 0.1) is 0 Å². The lowest BCUT2D eigenvalue weighted by Gasteiger charge is -2.27. The Morgan fingerprint density at radius 3 is 2.88 bits per heavy atom. The second-order valence-corrected chi connectivity index (χ2v) is 6.95. The van der Waals surface area contributed by atoms with E-state index in [1.54, 1.807) is 0 Å². The number of nitrogens with zero attached hydrogens (tertiary/aromatic N) is 3. The van der Waals surface area contributed by atoms with Crippen LogP contribution in [0.3, 0.4) is 0 Å². The van der Waals surface area contributed by atoms with Crippen molar-refractivity contribution >= 4 is 0 Å². The molecule has 2 unspecified atom stereocenters. The summed E-state index contributed by atoms with van der Waals surface area (Å²) >= 11 is 0. The summed E-state index contributed by atoms with van der Waals surface area (Å²) in [5.41, 5.74) is 1.43. The van der Waals surface area contributed by atoms with Crippen LogP contribution in [0.15, 0.2) is 42.6 Å². The summed E-state index contributed by atoms with van der Waals surface area (Å²) in [4.78, 5) is 2.31. The topological polar surface area (TPSA) is 50.5 Å². The predicted molar refractivity (Wildman–Crippen MR) is 91.3 cm³/mol. The Balaban J connectivity index is 1.45. The molecule has 3 heterocycles. The molecular weight excluding hydrogens is 302 g/mol. The summed E-state index contributed by atoms with van der Waals surface area (Å²) < 4.78 is 7.90. The van der Waals surface area contributed by atoms with Crippen LogP contribution in [0.25, 0.3) is 0 Å². The van der Waals surface area contributed by atoms with Crippen LogP contribution in [0.5, 0.6) is 0 Å². The Kier molecular flexibility index (Phi) is 4.39. The van der Waals surface area contributed by atoms with Crippen molar-refractivity contribution in [1.29, 1.82) is 0 Å². The molecule has 0 aliphatic carbocycles. The van der Waals surface area contributed by atoms with Gasteiger partial charge in [0.1, 0.15) is 5.60 Å². The molecule has 1 N–H and O–H groups in total. The lowest BCUT2D eigenvalue weighted by atomic mass is 9.93. The zero-order chi connectivity index (χ0) is 16.4. The molecule has 0 spiro atoms. The smallest absolute Gasteiger partial charge is 0.150 e. The van der Waals surface area contributed by atoms with Crippen molar-refractivity contribution in [2.45, 2.75) is 44.1 Å². The predicted octanol–water partition coefficient (Wildman–Crippen LogP) is 2.68. The Labute approximate surface area is 142 Å². The molecule has 1 aromatic carbocycles. The van der Waals surface area contributed by atoms with Crippen LogP contribution in [0.4, 0.5) is 0 Å². The highest BCUT2D eigenvalue weighted by Gasteiger charge is 2.37. The van der Waals surface area contributed by atoms with Gasteiger partial charge in [-0.15, -0.1) is 0 Å². The fourth-order valence-corrected chi connectivity index (χ4v) is 3.86. The summed E-state index contributed by atoms with van der Waals surface area (Å²) in [6.07, 6.45) is 6.06. The summed E-state index contributed by atoms with van der Waals surface area (Å²) in [7, 11) is 0. The van der Waals surface area contributed by atoms with Crippen LogP contribution in [-0.4, -0.2) is 39.5 Å². The van der Waals surface area contributed by atoms with Crippen molar-refractivity contribution in [2.24, 2.45) is 0 Å². The molecule has 0 amide bonds. The van der Waals surface area contributed by atoms with E-state index in [2.05, 4.69) is 16.1 Å². The highest BCUT2D eigenvalue weighted by atomic mass is 16.5. The van der Waals surface area contributed by atoms with E-state index in [1.165, 1.54) is 12.1 Å². The van der Waals surface area contributed by atoms with E-state index in [4.69, 9.17) is 4.74 Å². The monoisotopic (exact) mass is 327 g/mol. The summed E-state index contributed by atoms with van der Waals surface area (Å²) in [5.74, 6) is 0. The molecule has 4 rings (SSSR count). The van der Waals surface area contributed by atoms with Gasteiger partial charge in [-0.3, -0.25) is 4.90 Å². The van der Waals surface area contributed by atoms with Gasteiger partial charge in [0.25, 0.3) is 0 Å². The van der Waals surface area contributed by atoms with Crippen LogP contribution in [-0.2, 0) is 16.9 Å². The second kappa shape index (κ2) is 6.67. The summed E-state index contributed by atoms with van der Waals surface area (Å²) in [6, 6.07) is 12.1. The molecule has 2 aliphatic rings. The molecule has 2 saturated heterocycles. The molecule has 128 valence electrons. The Hall–Kier alpha value is -1.69. The number of likely N-dealkylation sites (tertiary alicyclic amines) is 1. The first kappa shape index (κ1) is 15.8. The first-order valence-electron chi connectivity index (χ1n) is 8.89. The van der Waals surface area contributed by atoms with Crippen molar-refractivity contribution in [3.8, 4) is 0 Å². The molecule has 2 aliphatic heterocycles. The minimum atomic E-state index is -0.743. The summed E-state index contributed by atoms with van der Waals surface area (Å²) in [5, 5.41) is 15.5. The third-order valence-electron chi connectivity index (χ3n) is 5.20. The van der Waals surface area contributed by atoms with Gasteiger partial charge in [-0.1, -0.05) is 30.3 Å². The maximum atomic E-state index is 11.0. The summed E-state index contributed by atoms with van der Waals surface area (Å²) in [6.45, 7) is 3.17. The van der Waals surface area contributed by atoms with Gasteiger partial charge in [0, 0.05) is 32.4 Å².